The quantitative estimate of drug-likeness (QED) is 0.347. The molecule has 0 bridgehead atoms. The minimum atomic E-state index is -0.444. The van der Waals surface area contributed by atoms with Crippen LogP contribution in [0.15, 0.2) is 46.6 Å². The fourth-order valence-corrected chi connectivity index (χ4v) is 5.67. The molecule has 4 unspecified atom stereocenters. The van der Waals surface area contributed by atoms with Crippen LogP contribution in [0.3, 0.4) is 0 Å². The Morgan fingerprint density at radius 1 is 1.00 bits per heavy atom. The largest absolute Gasteiger partial charge is 0.303 e. The van der Waals surface area contributed by atoms with E-state index >= 15 is 0 Å². The number of hydrogen-bond acceptors (Lipinski definition) is 2. The highest BCUT2D eigenvalue weighted by atomic mass is 16.1. The fraction of sp³-hybridized carbons (Fsp3) is 0.630. The molecule has 1 saturated carbocycles. The molecule has 2 nitrogen and oxygen atoms in total. The van der Waals surface area contributed by atoms with Crippen LogP contribution in [-0.2, 0) is 9.59 Å². The van der Waals surface area contributed by atoms with E-state index in [2.05, 4.69) is 52.0 Å². The normalized spacial score (nSPS) is 31.0. The summed E-state index contributed by atoms with van der Waals surface area (Å²) in [6.07, 6.45) is 18.9. The number of rotatable bonds is 7. The van der Waals surface area contributed by atoms with Crippen molar-refractivity contribution in [3.05, 3.63) is 46.6 Å². The van der Waals surface area contributed by atoms with Crippen molar-refractivity contribution in [2.75, 3.05) is 0 Å². The first-order valence-electron chi connectivity index (χ1n) is 11.5. The molecule has 29 heavy (non-hydrogen) atoms. The first-order chi connectivity index (χ1) is 13.8. The number of carbonyl (C=O) groups is 2. The summed E-state index contributed by atoms with van der Waals surface area (Å²) in [7, 11) is 0. The minimum Gasteiger partial charge on any atom is -0.303 e. The first-order valence-corrected chi connectivity index (χ1v) is 11.5. The lowest BCUT2D eigenvalue weighted by molar-refractivity contribution is -0.145. The Morgan fingerprint density at radius 2 is 1.62 bits per heavy atom. The third-order valence-electron chi connectivity index (χ3n) is 7.31. The summed E-state index contributed by atoms with van der Waals surface area (Å²) in [6.45, 7) is 8.54. The molecule has 0 spiro atoms. The molecule has 1 fully saturated rings. The second-order valence-corrected chi connectivity index (χ2v) is 10.1. The number of Topliss-reactive ketones (excluding diaryl/α,β-unsaturated/α-hetero) is 1. The highest BCUT2D eigenvalue weighted by Crippen LogP contribution is 2.54. The molecular formula is C27H38O2. The van der Waals surface area contributed by atoms with Gasteiger partial charge in [0, 0.05) is 17.3 Å². The van der Waals surface area contributed by atoms with Gasteiger partial charge in [-0.05, 0) is 91.4 Å². The third-order valence-corrected chi connectivity index (χ3v) is 7.31. The Balaban J connectivity index is 1.71. The van der Waals surface area contributed by atoms with Crippen LogP contribution >= 0.6 is 0 Å². The molecule has 4 atom stereocenters. The van der Waals surface area contributed by atoms with Crippen LogP contribution < -0.4 is 0 Å². The number of ketones is 1. The zero-order chi connectivity index (χ0) is 21.0. The van der Waals surface area contributed by atoms with Crippen molar-refractivity contribution in [1.29, 1.82) is 0 Å². The summed E-state index contributed by atoms with van der Waals surface area (Å²) in [5.41, 5.74) is 5.13. The second-order valence-electron chi connectivity index (χ2n) is 10.1. The lowest BCUT2D eigenvalue weighted by atomic mass is 9.52. The van der Waals surface area contributed by atoms with Crippen molar-refractivity contribution in [1.82, 2.24) is 0 Å². The molecule has 158 valence electrons. The predicted molar refractivity (Wildman–Crippen MR) is 121 cm³/mol. The summed E-state index contributed by atoms with van der Waals surface area (Å²) >= 11 is 0. The van der Waals surface area contributed by atoms with E-state index in [1.807, 2.05) is 0 Å². The molecule has 0 radical (unpaired) electrons. The van der Waals surface area contributed by atoms with Gasteiger partial charge in [0.05, 0.1) is 0 Å². The molecule has 3 aliphatic rings. The predicted octanol–water partition coefficient (Wildman–Crippen LogP) is 6.93. The van der Waals surface area contributed by atoms with Gasteiger partial charge in [-0.2, -0.15) is 0 Å². The van der Waals surface area contributed by atoms with E-state index in [9.17, 15) is 9.59 Å². The molecule has 0 amide bonds. The topological polar surface area (TPSA) is 34.1 Å². The smallest absolute Gasteiger partial charge is 0.140 e. The maximum atomic E-state index is 13.5. The number of hydrogen-bond donors (Lipinski definition) is 0. The zero-order valence-corrected chi connectivity index (χ0v) is 18.8. The summed E-state index contributed by atoms with van der Waals surface area (Å²) in [6, 6.07) is 0. The van der Waals surface area contributed by atoms with E-state index in [4.69, 9.17) is 0 Å². The standard InChI is InChI=1S/C27H38O2/c1-19(2)7-5-9-21-11-12-24-23(15-21)17-27(18-28)14-13-22(10-6-8-20(3)4)16-25(27)26(24)29/h7-8,11,13,18,23-25H,5-6,9-10,12,14-17H2,1-4H3. The maximum absolute atomic E-state index is 13.5. The maximum Gasteiger partial charge on any atom is 0.140 e. The van der Waals surface area contributed by atoms with E-state index < -0.39 is 5.41 Å². The van der Waals surface area contributed by atoms with Crippen LogP contribution in [0.4, 0.5) is 0 Å². The van der Waals surface area contributed by atoms with E-state index in [1.165, 1.54) is 22.3 Å². The monoisotopic (exact) mass is 394 g/mol. The van der Waals surface area contributed by atoms with Crippen LogP contribution in [0.2, 0.25) is 0 Å². The van der Waals surface area contributed by atoms with Crippen molar-refractivity contribution in [3.63, 3.8) is 0 Å². The van der Waals surface area contributed by atoms with Crippen LogP contribution in [0, 0.1) is 23.2 Å². The second kappa shape index (κ2) is 9.41. The molecular weight excluding hydrogens is 356 g/mol. The Bertz CT molecular complexity index is 755. The van der Waals surface area contributed by atoms with E-state index in [0.29, 0.717) is 11.7 Å². The van der Waals surface area contributed by atoms with Crippen molar-refractivity contribution in [2.45, 2.75) is 85.5 Å². The van der Waals surface area contributed by atoms with Crippen molar-refractivity contribution >= 4 is 12.1 Å². The average molecular weight is 395 g/mol. The lowest BCUT2D eigenvalue weighted by Crippen LogP contribution is -2.50. The number of carbonyl (C=O) groups excluding carboxylic acids is 2. The first kappa shape index (κ1) is 22.0. The molecule has 2 heteroatoms. The highest BCUT2D eigenvalue weighted by Gasteiger charge is 2.53. The van der Waals surface area contributed by atoms with Gasteiger partial charge in [-0.3, -0.25) is 4.79 Å². The lowest BCUT2D eigenvalue weighted by Gasteiger charge is -2.49. The van der Waals surface area contributed by atoms with E-state index in [-0.39, 0.29) is 11.8 Å². The van der Waals surface area contributed by atoms with Crippen molar-refractivity contribution < 1.29 is 9.59 Å². The molecule has 0 heterocycles. The number of aldehydes is 1. The van der Waals surface area contributed by atoms with Gasteiger partial charge in [0.2, 0.25) is 0 Å². The van der Waals surface area contributed by atoms with Gasteiger partial charge >= 0.3 is 0 Å². The number of allylic oxidation sites excluding steroid dienone is 8. The van der Waals surface area contributed by atoms with Gasteiger partial charge in [0.25, 0.3) is 0 Å². The van der Waals surface area contributed by atoms with Crippen LogP contribution in [0.1, 0.15) is 85.5 Å². The molecule has 3 rings (SSSR count). The van der Waals surface area contributed by atoms with Crippen LogP contribution in [-0.4, -0.2) is 12.1 Å². The van der Waals surface area contributed by atoms with Crippen LogP contribution in [0.25, 0.3) is 0 Å². The Morgan fingerprint density at radius 3 is 2.21 bits per heavy atom. The van der Waals surface area contributed by atoms with E-state index in [1.54, 1.807) is 0 Å². The Labute approximate surface area is 177 Å². The average Bonchev–Trinajstić information content (AvgIpc) is 2.68. The fourth-order valence-electron chi connectivity index (χ4n) is 5.67. The van der Waals surface area contributed by atoms with Crippen molar-refractivity contribution in [2.24, 2.45) is 23.2 Å². The SMILES string of the molecule is CC(C)=CCCC1=CCC2C(=O)C3CC(CCC=C(C)C)=CCC3(C=O)CC2C1. The van der Waals surface area contributed by atoms with Gasteiger partial charge in [-0.25, -0.2) is 0 Å². The number of fused-ring (bicyclic) bond motifs is 2. The summed E-state index contributed by atoms with van der Waals surface area (Å²) in [5.74, 6) is 0.781. The molecule has 0 aliphatic heterocycles. The van der Waals surface area contributed by atoms with Crippen LogP contribution in [0.5, 0.6) is 0 Å². The minimum absolute atomic E-state index is 0.0893. The Hall–Kier alpha value is -1.70. The molecule has 0 saturated heterocycles. The molecule has 0 N–H and O–H groups in total. The highest BCUT2D eigenvalue weighted by molar-refractivity contribution is 5.90. The zero-order valence-electron chi connectivity index (χ0n) is 18.8. The summed E-state index contributed by atoms with van der Waals surface area (Å²) in [5, 5.41) is 0. The van der Waals surface area contributed by atoms with Gasteiger partial charge in [-0.15, -0.1) is 0 Å². The van der Waals surface area contributed by atoms with Gasteiger partial charge < -0.3 is 4.79 Å². The molecule has 0 aromatic rings. The molecule has 0 aromatic heterocycles. The third kappa shape index (κ3) is 5.08. The Kier molecular flexibility index (Phi) is 7.14. The molecule has 0 aromatic carbocycles. The summed E-state index contributed by atoms with van der Waals surface area (Å²) in [4.78, 5) is 25.7. The summed E-state index contributed by atoms with van der Waals surface area (Å²) < 4.78 is 0. The molecule has 3 aliphatic carbocycles. The van der Waals surface area contributed by atoms with Crippen molar-refractivity contribution in [3.8, 4) is 0 Å². The van der Waals surface area contributed by atoms with E-state index in [0.717, 1.165) is 64.1 Å². The van der Waals surface area contributed by atoms with Gasteiger partial charge in [0.15, 0.2) is 0 Å². The van der Waals surface area contributed by atoms with Gasteiger partial charge in [-0.1, -0.05) is 46.6 Å². The van der Waals surface area contributed by atoms with Gasteiger partial charge in [0.1, 0.15) is 12.1 Å².